The molecule has 16 nitrogen and oxygen atoms in total. The van der Waals surface area contributed by atoms with Crippen molar-refractivity contribution in [1.82, 2.24) is 0 Å². The molecule has 0 amide bonds. The standard InChI is InChI=1S/C19H34NO4.C15H30N2O3.C15H30N2O.C14H30N2O/c1-19(9-3-4-10-19)11-15-23-17(21)7-8-18(22)24-16-14-20(2)12-5-6-13-20;1-16(7-3-4-8-16)11-13-19-15(18)20-14-12-17(2)9-5-6-10-17;1-16(9-3-4-10-16)13-7-15(18)8-14-17(2)11-5-6-12-17;1-15(7-3-4-8-15)11-13-17-14-12-16(2)9-5-6-10-16/h3-16H2,1-2H3;3-14H2,1-2H3;3-14H2,1-2H3;3-14H2,1-2H3/q+1;3*+2. The van der Waals surface area contributed by atoms with Crippen molar-refractivity contribution in [2.45, 2.75) is 155 Å². The summed E-state index contributed by atoms with van der Waals surface area (Å²) >= 11 is 0. The van der Waals surface area contributed by atoms with Crippen molar-refractivity contribution < 1.29 is 74.2 Å². The van der Waals surface area contributed by atoms with E-state index in [-0.39, 0.29) is 24.8 Å². The minimum absolute atomic E-state index is 0.125. The molecule has 458 valence electrons. The molecule has 0 aromatic carbocycles. The maximum atomic E-state index is 12.0. The second kappa shape index (κ2) is 33.2. The summed E-state index contributed by atoms with van der Waals surface area (Å²) in [7, 11) is 16.1. The normalized spacial score (nSPS) is 24.1. The molecule has 79 heavy (non-hydrogen) atoms. The topological polar surface area (TPSA) is 114 Å². The van der Waals surface area contributed by atoms with Crippen molar-refractivity contribution >= 4 is 23.9 Å². The van der Waals surface area contributed by atoms with Gasteiger partial charge in [-0.2, -0.15) is 0 Å². The van der Waals surface area contributed by atoms with Crippen LogP contribution in [0.25, 0.3) is 0 Å². The van der Waals surface area contributed by atoms with Crippen molar-refractivity contribution in [3.8, 4) is 0 Å². The highest BCUT2D eigenvalue weighted by atomic mass is 16.7. The summed E-state index contributed by atoms with van der Waals surface area (Å²) in [4.78, 5) is 47.0. The zero-order valence-electron chi connectivity index (χ0n) is 52.7. The summed E-state index contributed by atoms with van der Waals surface area (Å²) in [5.74, 6) is -0.0833. The Hall–Kier alpha value is -2.44. The Labute approximate surface area is 482 Å². The number of carbonyl (C=O) groups excluding carboxylic acids is 4. The lowest BCUT2D eigenvalue weighted by molar-refractivity contribution is -0.901. The van der Waals surface area contributed by atoms with Gasteiger partial charge in [-0.15, -0.1) is 0 Å². The molecule has 0 atom stereocenters. The van der Waals surface area contributed by atoms with Gasteiger partial charge in [-0.3, -0.25) is 14.4 Å². The second-order valence-corrected chi connectivity index (χ2v) is 28.8. The van der Waals surface area contributed by atoms with Gasteiger partial charge in [0.2, 0.25) is 0 Å². The molecule has 0 bridgehead atoms. The molecule has 0 aromatic heterocycles. The van der Waals surface area contributed by atoms with E-state index >= 15 is 0 Å². The van der Waals surface area contributed by atoms with Crippen LogP contribution < -0.4 is 0 Å². The third-order valence-corrected chi connectivity index (χ3v) is 20.8. The van der Waals surface area contributed by atoms with E-state index in [1.807, 2.05) is 0 Å². The van der Waals surface area contributed by atoms with Gasteiger partial charge in [0.1, 0.15) is 58.3 Å². The van der Waals surface area contributed by atoms with Crippen LogP contribution >= 0.6 is 0 Å². The molecule has 0 radical (unpaired) electrons. The van der Waals surface area contributed by atoms with Gasteiger partial charge in [0.25, 0.3) is 0 Å². The van der Waals surface area contributed by atoms with E-state index in [1.165, 1.54) is 229 Å². The van der Waals surface area contributed by atoms with Crippen LogP contribution in [0.5, 0.6) is 0 Å². The molecule has 0 unspecified atom stereocenters. The molecule has 0 N–H and O–H groups in total. The quantitative estimate of drug-likeness (QED) is 0.0350. The maximum absolute atomic E-state index is 12.0. The van der Waals surface area contributed by atoms with E-state index in [4.69, 9.17) is 23.7 Å². The first-order valence-corrected chi connectivity index (χ1v) is 32.6. The second-order valence-electron chi connectivity index (χ2n) is 28.8. The van der Waals surface area contributed by atoms with Crippen LogP contribution in [-0.2, 0) is 38.1 Å². The molecule has 8 fully saturated rings. The minimum atomic E-state index is -0.499. The third kappa shape index (κ3) is 26.4. The summed E-state index contributed by atoms with van der Waals surface area (Å²) in [5.41, 5.74) is 0.341. The number of likely N-dealkylation sites (tertiary alicyclic amines) is 7. The maximum Gasteiger partial charge on any atom is 0.508 e. The molecule has 0 spiro atoms. The van der Waals surface area contributed by atoms with Crippen molar-refractivity contribution in [2.24, 2.45) is 5.41 Å². The molecule has 7 saturated heterocycles. The van der Waals surface area contributed by atoms with Crippen LogP contribution in [0, 0.1) is 5.41 Å². The fraction of sp³-hybridized carbons (Fsp3) is 0.937. The van der Waals surface area contributed by atoms with Gasteiger partial charge in [0, 0.05) is 89.9 Å². The average Bonchev–Trinajstić information content (AvgIpc) is 4.27. The van der Waals surface area contributed by atoms with E-state index in [0.29, 0.717) is 37.6 Å². The number of carbonyl (C=O) groups is 4. The summed E-state index contributed by atoms with van der Waals surface area (Å²) in [6, 6.07) is 0. The molecule has 1 saturated carbocycles. The molecule has 8 rings (SSSR count). The largest absolute Gasteiger partial charge is 0.508 e. The predicted octanol–water partition coefficient (Wildman–Crippen LogP) is 7.98. The molecule has 8 aliphatic rings. The highest BCUT2D eigenvalue weighted by Crippen LogP contribution is 2.40. The van der Waals surface area contributed by atoms with Gasteiger partial charge < -0.3 is 55.1 Å². The van der Waals surface area contributed by atoms with E-state index < -0.39 is 6.16 Å². The lowest BCUT2D eigenvalue weighted by Gasteiger charge is -2.30. The number of hydrogen-bond acceptors (Lipinski definition) is 9. The van der Waals surface area contributed by atoms with Crippen LogP contribution in [-0.4, -0.2) is 282 Å². The summed E-state index contributed by atoms with van der Waals surface area (Å²) in [6.45, 7) is 31.0. The Bertz CT molecular complexity index is 1650. The molecule has 16 heteroatoms. The monoisotopic (exact) mass is 1120 g/mol. The summed E-state index contributed by atoms with van der Waals surface area (Å²) < 4.78 is 34.6. The SMILES string of the molecule is CC1(CCOC(=O)CCC(=O)OCC[N+]2(C)CCCC2)CCCC1.C[N+]1(CCC(=O)CC[N+]2(C)CCCC2)CCCC1.C[N+]1(CCOC(=O)OCC[N+]2(C)CCCC2)CCCC1.C[N+]1(CCOCC[N+]2(C)CCCC2)CCCC1. The number of nitrogens with zero attached hydrogens (tertiary/aromatic N) is 7. The molecule has 7 aliphatic heterocycles. The highest BCUT2D eigenvalue weighted by Gasteiger charge is 2.34. The number of ketones is 1. The highest BCUT2D eigenvalue weighted by molar-refractivity contribution is 5.78. The lowest BCUT2D eigenvalue weighted by Crippen LogP contribution is -2.45. The van der Waals surface area contributed by atoms with Gasteiger partial charge in [0.05, 0.1) is 200 Å². The predicted molar refractivity (Wildman–Crippen MR) is 315 cm³/mol. The van der Waals surface area contributed by atoms with Crippen LogP contribution in [0.2, 0.25) is 0 Å². The van der Waals surface area contributed by atoms with Crippen molar-refractivity contribution in [1.29, 1.82) is 0 Å². The Morgan fingerprint density at radius 2 is 0.570 bits per heavy atom. The molecule has 0 aromatic rings. The van der Waals surface area contributed by atoms with Crippen LogP contribution in [0.15, 0.2) is 0 Å². The fourth-order valence-electron chi connectivity index (χ4n) is 14.2. The minimum Gasteiger partial charge on any atom is -0.466 e. The summed E-state index contributed by atoms with van der Waals surface area (Å²) in [6.07, 6.45) is 26.0. The number of Topliss-reactive ketones (excluding diaryl/α,β-unsaturated/α-hetero) is 1. The molecule has 7 heterocycles. The number of esters is 2. The first kappa shape index (κ1) is 67.4. The first-order chi connectivity index (χ1) is 37.6. The Morgan fingerprint density at radius 1 is 0.316 bits per heavy atom. The van der Waals surface area contributed by atoms with Gasteiger partial charge >= 0.3 is 18.1 Å². The van der Waals surface area contributed by atoms with Crippen LogP contribution in [0.3, 0.4) is 0 Å². The lowest BCUT2D eigenvalue weighted by atomic mass is 9.86. The average molecular weight is 1120 g/mol. The third-order valence-electron chi connectivity index (χ3n) is 20.8. The zero-order valence-corrected chi connectivity index (χ0v) is 52.7. The Morgan fingerprint density at radius 3 is 0.873 bits per heavy atom. The van der Waals surface area contributed by atoms with Crippen molar-refractivity contribution in [2.75, 3.05) is 226 Å². The van der Waals surface area contributed by atoms with Gasteiger partial charge in [-0.1, -0.05) is 19.8 Å². The number of rotatable bonds is 27. The van der Waals surface area contributed by atoms with Gasteiger partial charge in [0.15, 0.2) is 0 Å². The van der Waals surface area contributed by atoms with E-state index in [2.05, 4.69) is 56.3 Å². The van der Waals surface area contributed by atoms with Crippen molar-refractivity contribution in [3.63, 3.8) is 0 Å². The fourth-order valence-corrected chi connectivity index (χ4v) is 14.2. The molecule has 1 aliphatic carbocycles. The Kier molecular flexibility index (Phi) is 28.3. The molecular formula is C63H124N7O9+7. The van der Waals surface area contributed by atoms with E-state index in [9.17, 15) is 19.2 Å². The summed E-state index contributed by atoms with van der Waals surface area (Å²) in [5, 5.41) is 0. The van der Waals surface area contributed by atoms with Gasteiger partial charge in [-0.25, -0.2) is 4.79 Å². The molecular weight excluding hydrogens is 999 g/mol. The number of likely N-dealkylation sites (N-methyl/N-ethyl adjacent to an activating group) is 5. The van der Waals surface area contributed by atoms with Gasteiger partial charge in [-0.05, 0) is 24.7 Å². The number of quaternary nitrogens is 7. The van der Waals surface area contributed by atoms with E-state index in [0.717, 1.165) is 87.6 Å². The Balaban J connectivity index is 0.000000195. The van der Waals surface area contributed by atoms with E-state index in [1.54, 1.807) is 0 Å². The van der Waals surface area contributed by atoms with Crippen LogP contribution in [0.1, 0.15) is 155 Å². The first-order valence-electron chi connectivity index (χ1n) is 32.6. The van der Waals surface area contributed by atoms with Crippen molar-refractivity contribution in [3.05, 3.63) is 0 Å². The number of hydrogen-bond donors (Lipinski definition) is 0. The number of ether oxygens (including phenoxy) is 5. The smallest absolute Gasteiger partial charge is 0.466 e. The van der Waals surface area contributed by atoms with Crippen LogP contribution in [0.4, 0.5) is 4.79 Å². The zero-order chi connectivity index (χ0) is 57.2.